The molecule has 0 fully saturated rings. The van der Waals surface area contributed by atoms with Gasteiger partial charge in [-0.1, -0.05) is 31.8 Å². The van der Waals surface area contributed by atoms with Gasteiger partial charge in [-0.25, -0.2) is 0 Å². The monoisotopic (exact) mass is 211 g/mol. The Kier molecular flexibility index (Phi) is 4.27. The molecular weight excluding hydrogens is 194 g/mol. The van der Waals surface area contributed by atoms with Crippen LogP contribution in [-0.4, -0.2) is 16.0 Å². The largest absolute Gasteiger partial charge is 0.328 e. The summed E-state index contributed by atoms with van der Waals surface area (Å²) in [6.07, 6.45) is 3.03. The van der Waals surface area contributed by atoms with Crippen molar-refractivity contribution in [2.24, 2.45) is 5.92 Å². The van der Waals surface area contributed by atoms with Crippen molar-refractivity contribution in [1.82, 2.24) is 10.1 Å². The Hall–Kier alpha value is -1.39. The van der Waals surface area contributed by atoms with E-state index in [0.29, 0.717) is 5.82 Å². The standard InChI is InChI=1S/C10H17N3O2/c1-4-5-6-7(2)9(14)12-10-11-8(3)13-15-10/h7H,4-6H2,1-3H3,(H,11,12,13,14). The average molecular weight is 211 g/mol. The maximum atomic E-state index is 11.6. The first-order chi connectivity index (χ1) is 7.13. The van der Waals surface area contributed by atoms with Crippen molar-refractivity contribution in [3.63, 3.8) is 0 Å². The van der Waals surface area contributed by atoms with Crippen LogP contribution in [0.25, 0.3) is 0 Å². The van der Waals surface area contributed by atoms with E-state index in [1.54, 1.807) is 6.92 Å². The van der Waals surface area contributed by atoms with Gasteiger partial charge in [-0.05, 0) is 13.3 Å². The van der Waals surface area contributed by atoms with Crippen LogP contribution in [0, 0.1) is 12.8 Å². The molecule has 0 radical (unpaired) electrons. The third-order valence-corrected chi connectivity index (χ3v) is 2.20. The summed E-state index contributed by atoms with van der Waals surface area (Å²) in [7, 11) is 0. The molecule has 1 atom stereocenters. The fraction of sp³-hybridized carbons (Fsp3) is 0.700. The lowest BCUT2D eigenvalue weighted by atomic mass is 10.0. The van der Waals surface area contributed by atoms with Crippen molar-refractivity contribution in [3.05, 3.63) is 5.82 Å². The highest BCUT2D eigenvalue weighted by Gasteiger charge is 2.14. The van der Waals surface area contributed by atoms with Crippen molar-refractivity contribution in [2.75, 3.05) is 5.32 Å². The second kappa shape index (κ2) is 5.48. The molecule has 15 heavy (non-hydrogen) atoms. The molecule has 1 amide bonds. The second-order valence-electron chi connectivity index (χ2n) is 3.68. The molecule has 0 bridgehead atoms. The van der Waals surface area contributed by atoms with E-state index in [-0.39, 0.29) is 17.8 Å². The average Bonchev–Trinajstić information content (AvgIpc) is 2.60. The molecule has 0 aromatic carbocycles. The highest BCUT2D eigenvalue weighted by Crippen LogP contribution is 2.11. The summed E-state index contributed by atoms with van der Waals surface area (Å²) >= 11 is 0. The van der Waals surface area contributed by atoms with Gasteiger partial charge in [0.25, 0.3) is 0 Å². The fourth-order valence-corrected chi connectivity index (χ4v) is 1.22. The minimum atomic E-state index is -0.0629. The Morgan fingerprint density at radius 3 is 2.87 bits per heavy atom. The SMILES string of the molecule is CCCCC(C)C(=O)Nc1nc(C)no1. The summed E-state index contributed by atoms with van der Waals surface area (Å²) in [4.78, 5) is 15.5. The summed E-state index contributed by atoms with van der Waals surface area (Å²) in [5.74, 6) is 0.441. The molecule has 5 nitrogen and oxygen atoms in total. The number of rotatable bonds is 5. The topological polar surface area (TPSA) is 68.0 Å². The Morgan fingerprint density at radius 2 is 2.33 bits per heavy atom. The Labute approximate surface area is 89.2 Å². The highest BCUT2D eigenvalue weighted by atomic mass is 16.5. The van der Waals surface area contributed by atoms with E-state index in [2.05, 4.69) is 22.4 Å². The number of hydrogen-bond acceptors (Lipinski definition) is 4. The number of anilines is 1. The van der Waals surface area contributed by atoms with Gasteiger partial charge in [-0.2, -0.15) is 4.98 Å². The van der Waals surface area contributed by atoms with Crippen LogP contribution >= 0.6 is 0 Å². The van der Waals surface area contributed by atoms with Crippen LogP contribution in [0.1, 0.15) is 38.9 Å². The zero-order chi connectivity index (χ0) is 11.3. The van der Waals surface area contributed by atoms with Gasteiger partial charge in [0.15, 0.2) is 5.82 Å². The van der Waals surface area contributed by atoms with Gasteiger partial charge in [0, 0.05) is 5.92 Å². The number of aromatic nitrogens is 2. The van der Waals surface area contributed by atoms with E-state index in [1.165, 1.54) is 0 Å². The van der Waals surface area contributed by atoms with Crippen molar-refractivity contribution in [2.45, 2.75) is 40.0 Å². The highest BCUT2D eigenvalue weighted by molar-refractivity contribution is 5.90. The maximum absolute atomic E-state index is 11.6. The number of carbonyl (C=O) groups is 1. The minimum absolute atomic E-state index is 0.0165. The van der Waals surface area contributed by atoms with E-state index in [9.17, 15) is 4.79 Å². The van der Waals surface area contributed by atoms with Crippen LogP contribution in [0.3, 0.4) is 0 Å². The number of amides is 1. The molecule has 1 rings (SSSR count). The van der Waals surface area contributed by atoms with Gasteiger partial charge in [0.1, 0.15) is 0 Å². The van der Waals surface area contributed by atoms with Gasteiger partial charge in [0.2, 0.25) is 5.91 Å². The van der Waals surface area contributed by atoms with Crippen molar-refractivity contribution >= 4 is 11.9 Å². The molecule has 84 valence electrons. The maximum Gasteiger partial charge on any atom is 0.328 e. The number of nitrogens with one attached hydrogen (secondary N) is 1. The lowest BCUT2D eigenvalue weighted by molar-refractivity contribution is -0.119. The number of nitrogens with zero attached hydrogens (tertiary/aromatic N) is 2. The molecule has 0 aliphatic heterocycles. The predicted octanol–water partition coefficient (Wildman–Crippen LogP) is 2.14. The molecule has 0 saturated carbocycles. The Balaban J connectivity index is 2.41. The second-order valence-corrected chi connectivity index (χ2v) is 3.68. The summed E-state index contributed by atoms with van der Waals surface area (Å²) in [5, 5.41) is 6.18. The van der Waals surface area contributed by atoms with Gasteiger partial charge < -0.3 is 4.52 Å². The van der Waals surface area contributed by atoms with Gasteiger partial charge in [-0.3, -0.25) is 10.1 Å². The molecule has 1 aromatic heterocycles. The van der Waals surface area contributed by atoms with Crippen molar-refractivity contribution in [3.8, 4) is 0 Å². The molecule has 0 spiro atoms. The van der Waals surface area contributed by atoms with E-state index >= 15 is 0 Å². The van der Waals surface area contributed by atoms with E-state index in [4.69, 9.17) is 4.52 Å². The first-order valence-corrected chi connectivity index (χ1v) is 5.24. The van der Waals surface area contributed by atoms with Crippen LogP contribution in [0.4, 0.5) is 6.01 Å². The normalized spacial score (nSPS) is 12.5. The number of hydrogen-bond donors (Lipinski definition) is 1. The molecule has 1 unspecified atom stereocenters. The van der Waals surface area contributed by atoms with Gasteiger partial charge in [-0.15, -0.1) is 0 Å². The summed E-state index contributed by atoms with van der Waals surface area (Å²) < 4.78 is 4.80. The van der Waals surface area contributed by atoms with Crippen LogP contribution in [0.2, 0.25) is 0 Å². The molecule has 1 aromatic rings. The Morgan fingerprint density at radius 1 is 1.60 bits per heavy atom. The number of carbonyl (C=O) groups excluding carboxylic acids is 1. The zero-order valence-electron chi connectivity index (χ0n) is 9.41. The van der Waals surface area contributed by atoms with Gasteiger partial charge >= 0.3 is 6.01 Å². The number of aryl methyl sites for hydroxylation is 1. The summed E-state index contributed by atoms with van der Waals surface area (Å²) in [6.45, 7) is 5.71. The van der Waals surface area contributed by atoms with E-state index in [0.717, 1.165) is 19.3 Å². The van der Waals surface area contributed by atoms with Crippen LogP contribution in [-0.2, 0) is 4.79 Å². The van der Waals surface area contributed by atoms with Crippen LogP contribution < -0.4 is 5.32 Å². The Bertz CT molecular complexity index is 322. The first kappa shape index (κ1) is 11.7. The molecule has 0 aliphatic rings. The predicted molar refractivity (Wildman–Crippen MR) is 56.4 cm³/mol. The summed E-state index contributed by atoms with van der Waals surface area (Å²) in [6, 6.07) is 0.181. The third-order valence-electron chi connectivity index (χ3n) is 2.20. The lowest BCUT2D eigenvalue weighted by Gasteiger charge is -2.08. The molecule has 0 saturated heterocycles. The molecule has 0 aliphatic carbocycles. The van der Waals surface area contributed by atoms with Crippen LogP contribution in [0.5, 0.6) is 0 Å². The minimum Gasteiger partial charge on any atom is -0.315 e. The number of unbranched alkanes of at least 4 members (excludes halogenated alkanes) is 1. The van der Waals surface area contributed by atoms with Crippen molar-refractivity contribution < 1.29 is 9.32 Å². The summed E-state index contributed by atoms with van der Waals surface area (Å²) in [5.41, 5.74) is 0. The van der Waals surface area contributed by atoms with E-state index in [1.807, 2.05) is 6.92 Å². The van der Waals surface area contributed by atoms with Gasteiger partial charge in [0.05, 0.1) is 0 Å². The van der Waals surface area contributed by atoms with E-state index < -0.39 is 0 Å². The lowest BCUT2D eigenvalue weighted by Crippen LogP contribution is -2.20. The zero-order valence-corrected chi connectivity index (χ0v) is 9.41. The van der Waals surface area contributed by atoms with Crippen LogP contribution in [0.15, 0.2) is 4.52 Å². The molecule has 1 heterocycles. The quantitative estimate of drug-likeness (QED) is 0.810. The molecular formula is C10H17N3O2. The smallest absolute Gasteiger partial charge is 0.315 e. The molecule has 5 heteroatoms. The van der Waals surface area contributed by atoms with Crippen molar-refractivity contribution in [1.29, 1.82) is 0 Å². The fourth-order valence-electron chi connectivity index (χ4n) is 1.22. The third kappa shape index (κ3) is 3.69. The molecule has 1 N–H and O–H groups in total. The first-order valence-electron chi connectivity index (χ1n) is 5.24.